The Labute approximate surface area is 233 Å². The second kappa shape index (κ2) is 15.6. The smallest absolute Gasteiger partial charge is 0.331 e. The van der Waals surface area contributed by atoms with E-state index in [0.717, 1.165) is 23.6 Å². The number of esters is 2. The van der Waals surface area contributed by atoms with Crippen LogP contribution in [0.1, 0.15) is 78.5 Å². The lowest BCUT2D eigenvalue weighted by Gasteiger charge is -2.27. The highest BCUT2D eigenvalue weighted by atomic mass is 31.2. The fraction of sp³-hybridized carbons (Fsp3) is 0.769. The first-order valence-electron chi connectivity index (χ1n) is 13.7. The molecule has 1 aliphatic heterocycles. The number of rotatable bonds is 16. The number of H-pyrrole nitrogens is 1. The minimum Gasteiger partial charge on any atom is -0.463 e. The second-order valence-corrected chi connectivity index (χ2v) is 12.0. The maximum absolute atomic E-state index is 15.9. The number of alkyl halides is 1. The van der Waals surface area contributed by atoms with E-state index in [0.29, 0.717) is 6.42 Å². The van der Waals surface area contributed by atoms with Gasteiger partial charge in [-0.1, -0.05) is 26.7 Å². The lowest BCUT2D eigenvalue weighted by molar-refractivity contribution is -0.159. The van der Waals surface area contributed by atoms with E-state index < -0.39 is 61.3 Å². The SMILES string of the molecule is CCCC[C@H](C)OC(=O)CCC(=O)O[C@H]1[C@@H](F)[C@H](n2cc(C)c(=O)[nH]c2=O)O[C@@H]1[C@H](C)CP(=O)(OCC)OCC. The van der Waals surface area contributed by atoms with Crippen molar-refractivity contribution in [2.75, 3.05) is 19.4 Å². The molecule has 0 amide bonds. The molecule has 1 aromatic heterocycles. The summed E-state index contributed by atoms with van der Waals surface area (Å²) < 4.78 is 57.3. The molecule has 1 aliphatic rings. The van der Waals surface area contributed by atoms with Crippen LogP contribution >= 0.6 is 7.60 Å². The van der Waals surface area contributed by atoms with E-state index in [1.807, 2.05) is 6.92 Å². The Morgan fingerprint density at radius 3 is 2.35 bits per heavy atom. The minimum atomic E-state index is -3.59. The number of aromatic nitrogens is 2. The van der Waals surface area contributed by atoms with Gasteiger partial charge in [-0.25, -0.2) is 9.18 Å². The fourth-order valence-electron chi connectivity index (χ4n) is 4.48. The van der Waals surface area contributed by atoms with Crippen molar-refractivity contribution < 1.29 is 41.8 Å². The molecule has 12 nitrogen and oxygen atoms in total. The lowest BCUT2D eigenvalue weighted by atomic mass is 10.0. The maximum Gasteiger partial charge on any atom is 0.331 e. The summed E-state index contributed by atoms with van der Waals surface area (Å²) in [7, 11) is -3.59. The van der Waals surface area contributed by atoms with E-state index in [1.54, 1.807) is 27.7 Å². The summed E-state index contributed by atoms with van der Waals surface area (Å²) in [5.74, 6) is -2.16. The van der Waals surface area contributed by atoms with Gasteiger partial charge in [-0.15, -0.1) is 0 Å². The molecule has 1 aromatic rings. The zero-order valence-corrected chi connectivity index (χ0v) is 24.9. The summed E-state index contributed by atoms with van der Waals surface area (Å²) in [5.41, 5.74) is -1.40. The average Bonchev–Trinajstić information content (AvgIpc) is 3.19. The van der Waals surface area contributed by atoms with E-state index in [2.05, 4.69) is 4.98 Å². The van der Waals surface area contributed by atoms with Crippen LogP contribution in [0.4, 0.5) is 4.39 Å². The van der Waals surface area contributed by atoms with Crippen LogP contribution in [0.15, 0.2) is 15.8 Å². The summed E-state index contributed by atoms with van der Waals surface area (Å²) >= 11 is 0. The molecule has 0 aromatic carbocycles. The molecule has 1 saturated heterocycles. The number of nitrogens with one attached hydrogen (secondary N) is 1. The Kier molecular flexibility index (Phi) is 13.2. The lowest BCUT2D eigenvalue weighted by Crippen LogP contribution is -2.39. The first kappa shape index (κ1) is 33.9. The molecule has 2 heterocycles. The molecule has 6 atom stereocenters. The normalized spacial score (nSPS) is 22.6. The molecule has 0 radical (unpaired) electrons. The molecule has 0 unspecified atom stereocenters. The van der Waals surface area contributed by atoms with Gasteiger partial charge in [0.2, 0.25) is 0 Å². The third kappa shape index (κ3) is 9.36. The van der Waals surface area contributed by atoms with E-state index in [1.165, 1.54) is 6.92 Å². The van der Waals surface area contributed by atoms with Crippen LogP contribution in [0.2, 0.25) is 0 Å². The predicted molar refractivity (Wildman–Crippen MR) is 144 cm³/mol. The van der Waals surface area contributed by atoms with E-state index in [4.69, 9.17) is 23.3 Å². The molecule has 0 bridgehead atoms. The highest BCUT2D eigenvalue weighted by Crippen LogP contribution is 2.51. The van der Waals surface area contributed by atoms with Gasteiger partial charge in [-0.2, -0.15) is 0 Å². The summed E-state index contributed by atoms with van der Waals surface area (Å²) in [6.07, 6.45) is -3.61. The largest absolute Gasteiger partial charge is 0.463 e. The molecule has 14 heteroatoms. The molecule has 2 rings (SSSR count). The number of hydrogen-bond donors (Lipinski definition) is 1. The van der Waals surface area contributed by atoms with Gasteiger partial charge in [-0.05, 0) is 40.0 Å². The Morgan fingerprint density at radius 1 is 1.12 bits per heavy atom. The first-order chi connectivity index (χ1) is 18.8. The molecule has 228 valence electrons. The van der Waals surface area contributed by atoms with Gasteiger partial charge in [0.05, 0.1) is 38.3 Å². The quantitative estimate of drug-likeness (QED) is 0.222. The number of ether oxygens (including phenoxy) is 3. The van der Waals surface area contributed by atoms with Gasteiger partial charge in [0.15, 0.2) is 18.5 Å². The number of unbranched alkanes of at least 4 members (excludes halogenated alkanes) is 1. The van der Waals surface area contributed by atoms with Gasteiger partial charge in [-0.3, -0.25) is 28.5 Å². The van der Waals surface area contributed by atoms with E-state index in [-0.39, 0.29) is 43.9 Å². The zero-order valence-electron chi connectivity index (χ0n) is 24.1. The Hall–Kier alpha value is -2.34. The zero-order chi connectivity index (χ0) is 30.0. The number of carbonyl (C=O) groups is 2. The van der Waals surface area contributed by atoms with Crippen LogP contribution in [-0.2, 0) is 37.4 Å². The highest BCUT2D eigenvalue weighted by Gasteiger charge is 2.52. The molecular weight excluding hydrogens is 550 g/mol. The van der Waals surface area contributed by atoms with Crippen molar-refractivity contribution in [3.8, 4) is 0 Å². The van der Waals surface area contributed by atoms with Crippen LogP contribution in [0, 0.1) is 12.8 Å². The van der Waals surface area contributed by atoms with Crippen molar-refractivity contribution in [1.82, 2.24) is 9.55 Å². The molecule has 0 saturated carbocycles. The number of hydrogen-bond acceptors (Lipinski definition) is 10. The molecule has 40 heavy (non-hydrogen) atoms. The Morgan fingerprint density at radius 2 is 1.75 bits per heavy atom. The van der Waals surface area contributed by atoms with Gasteiger partial charge in [0, 0.05) is 11.8 Å². The van der Waals surface area contributed by atoms with Crippen molar-refractivity contribution >= 4 is 19.5 Å². The second-order valence-electron chi connectivity index (χ2n) is 9.92. The van der Waals surface area contributed by atoms with Crippen molar-refractivity contribution in [2.24, 2.45) is 5.92 Å². The van der Waals surface area contributed by atoms with Gasteiger partial charge >= 0.3 is 25.2 Å². The van der Waals surface area contributed by atoms with Crippen LogP contribution in [-0.4, -0.2) is 65.3 Å². The van der Waals surface area contributed by atoms with E-state index >= 15 is 4.39 Å². The number of carbonyl (C=O) groups excluding carboxylic acids is 2. The Bertz CT molecular complexity index is 1150. The van der Waals surface area contributed by atoms with Crippen molar-refractivity contribution in [3.63, 3.8) is 0 Å². The minimum absolute atomic E-state index is 0.113. The molecule has 0 aliphatic carbocycles. The van der Waals surface area contributed by atoms with E-state index in [9.17, 15) is 23.7 Å². The molecule has 1 N–H and O–H groups in total. The standard InChI is InChI=1S/C26H42FN2O10P/c1-7-10-11-18(6)37-19(30)12-13-20(31)38-23-21(27)25(29-14-16(4)24(32)28-26(29)33)39-22(23)17(5)15-40(34,35-8-2)36-9-3/h14,17-18,21-23,25H,7-13,15H2,1-6H3,(H,28,32,33)/t17-,18+,21-,22-,23+,25-/m1/s1. The molecular formula is C26H42FN2O10P. The Balaban J connectivity index is 2.24. The van der Waals surface area contributed by atoms with Crippen LogP contribution < -0.4 is 11.2 Å². The van der Waals surface area contributed by atoms with Gasteiger partial charge in [0.25, 0.3) is 5.56 Å². The number of aryl methyl sites for hydroxylation is 1. The topological polar surface area (TPSA) is 152 Å². The summed E-state index contributed by atoms with van der Waals surface area (Å²) in [6, 6.07) is 0. The van der Waals surface area contributed by atoms with Crippen molar-refractivity contribution in [3.05, 3.63) is 32.6 Å². The van der Waals surface area contributed by atoms with Gasteiger partial charge in [0.1, 0.15) is 6.10 Å². The maximum atomic E-state index is 15.9. The monoisotopic (exact) mass is 592 g/mol. The average molecular weight is 593 g/mol. The number of nitrogens with zero attached hydrogens (tertiary/aromatic N) is 1. The third-order valence-corrected chi connectivity index (χ3v) is 8.77. The van der Waals surface area contributed by atoms with Crippen LogP contribution in [0.3, 0.4) is 0 Å². The summed E-state index contributed by atoms with van der Waals surface area (Å²) in [4.78, 5) is 51.3. The first-order valence-corrected chi connectivity index (χ1v) is 15.5. The summed E-state index contributed by atoms with van der Waals surface area (Å²) in [5, 5.41) is 0. The molecule has 1 fully saturated rings. The summed E-state index contributed by atoms with van der Waals surface area (Å²) in [6.45, 7) is 10.4. The highest BCUT2D eigenvalue weighted by molar-refractivity contribution is 7.53. The number of aromatic amines is 1. The molecule has 0 spiro atoms. The van der Waals surface area contributed by atoms with Gasteiger partial charge < -0.3 is 23.3 Å². The number of halogens is 1. The van der Waals surface area contributed by atoms with Crippen LogP contribution in [0.25, 0.3) is 0 Å². The fourth-order valence-corrected chi connectivity index (χ4v) is 6.47. The van der Waals surface area contributed by atoms with Crippen molar-refractivity contribution in [2.45, 2.75) is 104 Å². The van der Waals surface area contributed by atoms with Crippen molar-refractivity contribution in [1.29, 1.82) is 0 Å². The predicted octanol–water partition coefficient (Wildman–Crippen LogP) is 3.80. The third-order valence-electron chi connectivity index (χ3n) is 6.45. The van der Waals surface area contributed by atoms with Crippen LogP contribution in [0.5, 0.6) is 0 Å².